The van der Waals surface area contributed by atoms with Crippen molar-refractivity contribution < 1.29 is 17.9 Å². The predicted molar refractivity (Wildman–Crippen MR) is 135 cm³/mol. The molecule has 3 aromatic carbocycles. The Balaban J connectivity index is 1.58. The number of fused-ring (bicyclic) bond motifs is 1. The lowest BCUT2D eigenvalue weighted by atomic mass is 10.0. The van der Waals surface area contributed by atoms with Gasteiger partial charge < -0.3 is 10.1 Å². The van der Waals surface area contributed by atoms with Crippen molar-refractivity contribution in [1.82, 2.24) is 14.9 Å². The Kier molecular flexibility index (Phi) is 9.04. The number of amides is 1. The number of likely N-dealkylation sites (N-methyl/N-ethyl adjacent to an activating group) is 1. The Morgan fingerprint density at radius 1 is 0.971 bits per heavy atom. The van der Waals surface area contributed by atoms with E-state index in [2.05, 4.69) is 28.8 Å². The van der Waals surface area contributed by atoms with Crippen LogP contribution in [0.15, 0.2) is 71.6 Å². The van der Waals surface area contributed by atoms with Gasteiger partial charge in [-0.1, -0.05) is 56.3 Å². The molecule has 3 aromatic rings. The van der Waals surface area contributed by atoms with E-state index >= 15 is 0 Å². The molecule has 0 aliphatic carbocycles. The first kappa shape index (κ1) is 25.7. The van der Waals surface area contributed by atoms with Gasteiger partial charge in [-0.05, 0) is 53.7 Å². The van der Waals surface area contributed by atoms with Crippen molar-refractivity contribution in [3.63, 3.8) is 0 Å². The summed E-state index contributed by atoms with van der Waals surface area (Å²) in [5.41, 5.74) is 1.06. The van der Waals surface area contributed by atoms with Crippen LogP contribution in [0.4, 0.5) is 0 Å². The van der Waals surface area contributed by atoms with E-state index in [-0.39, 0.29) is 29.8 Å². The van der Waals surface area contributed by atoms with E-state index in [0.29, 0.717) is 6.54 Å². The first-order valence-corrected chi connectivity index (χ1v) is 13.0. The van der Waals surface area contributed by atoms with Crippen LogP contribution in [0, 0.1) is 0 Å². The fourth-order valence-corrected chi connectivity index (χ4v) is 5.05. The molecule has 0 bridgehead atoms. The molecular formula is C26H33N3O4S. The Bertz CT molecular complexity index is 1210. The number of nitrogens with one attached hydrogen (secondary N) is 2. The lowest BCUT2D eigenvalue weighted by Gasteiger charge is -2.30. The number of benzene rings is 3. The molecule has 0 aliphatic heterocycles. The van der Waals surface area contributed by atoms with Crippen LogP contribution in [-0.2, 0) is 14.8 Å². The molecular weight excluding hydrogens is 450 g/mol. The van der Waals surface area contributed by atoms with Gasteiger partial charge in [-0.2, -0.15) is 0 Å². The molecule has 1 amide bonds. The highest BCUT2D eigenvalue weighted by molar-refractivity contribution is 7.89. The van der Waals surface area contributed by atoms with E-state index in [1.54, 1.807) is 25.3 Å². The van der Waals surface area contributed by atoms with Crippen LogP contribution in [0.25, 0.3) is 10.8 Å². The van der Waals surface area contributed by atoms with Gasteiger partial charge in [0, 0.05) is 19.5 Å². The van der Waals surface area contributed by atoms with Crippen LogP contribution in [0.5, 0.6) is 5.75 Å². The van der Waals surface area contributed by atoms with Gasteiger partial charge in [0.25, 0.3) is 0 Å². The van der Waals surface area contributed by atoms with Crippen LogP contribution in [-0.4, -0.2) is 52.5 Å². The summed E-state index contributed by atoms with van der Waals surface area (Å²) in [6, 6.07) is 20.4. The fourth-order valence-electron chi connectivity index (χ4n) is 3.99. The number of methoxy groups -OCH3 is 1. The van der Waals surface area contributed by atoms with Gasteiger partial charge in [0.1, 0.15) is 5.75 Å². The second-order valence-electron chi connectivity index (χ2n) is 7.97. The van der Waals surface area contributed by atoms with Gasteiger partial charge in [-0.15, -0.1) is 0 Å². The van der Waals surface area contributed by atoms with Gasteiger partial charge >= 0.3 is 0 Å². The van der Waals surface area contributed by atoms with Crippen molar-refractivity contribution in [2.75, 3.05) is 33.3 Å². The summed E-state index contributed by atoms with van der Waals surface area (Å²) >= 11 is 0. The third kappa shape index (κ3) is 6.56. The quantitative estimate of drug-likeness (QED) is 0.410. The van der Waals surface area contributed by atoms with Crippen molar-refractivity contribution in [2.24, 2.45) is 0 Å². The molecule has 34 heavy (non-hydrogen) atoms. The molecule has 8 heteroatoms. The summed E-state index contributed by atoms with van der Waals surface area (Å²) < 4.78 is 33.2. The maximum atomic E-state index is 12.7. The monoisotopic (exact) mass is 483 g/mol. The van der Waals surface area contributed by atoms with Crippen molar-refractivity contribution in [3.8, 4) is 5.75 Å². The molecule has 7 nitrogen and oxygen atoms in total. The van der Waals surface area contributed by atoms with E-state index < -0.39 is 10.0 Å². The summed E-state index contributed by atoms with van der Waals surface area (Å²) in [5, 5.41) is 4.78. The van der Waals surface area contributed by atoms with Gasteiger partial charge in [0.05, 0.1) is 18.0 Å². The highest BCUT2D eigenvalue weighted by Gasteiger charge is 2.20. The van der Waals surface area contributed by atoms with E-state index in [1.165, 1.54) is 0 Å². The van der Waals surface area contributed by atoms with E-state index in [1.807, 2.05) is 48.5 Å². The second kappa shape index (κ2) is 12.0. The molecule has 0 saturated heterocycles. The number of sulfonamides is 1. The minimum Gasteiger partial charge on any atom is -0.497 e. The number of rotatable bonds is 12. The number of hydrogen-bond donors (Lipinski definition) is 2. The Labute approximate surface area is 202 Å². The first-order chi connectivity index (χ1) is 16.4. The van der Waals surface area contributed by atoms with Gasteiger partial charge in [-0.25, -0.2) is 13.1 Å². The van der Waals surface area contributed by atoms with Crippen LogP contribution < -0.4 is 14.8 Å². The minimum atomic E-state index is -3.70. The van der Waals surface area contributed by atoms with E-state index in [9.17, 15) is 13.2 Å². The van der Waals surface area contributed by atoms with Crippen LogP contribution in [0.2, 0.25) is 0 Å². The number of carbonyl (C=O) groups excluding carboxylic acids is 1. The summed E-state index contributed by atoms with van der Waals surface area (Å²) in [5.74, 6) is 0.561. The maximum absolute atomic E-state index is 12.7. The summed E-state index contributed by atoms with van der Waals surface area (Å²) in [4.78, 5) is 15.0. The molecule has 182 valence electrons. The average molecular weight is 484 g/mol. The Morgan fingerprint density at radius 2 is 1.71 bits per heavy atom. The topological polar surface area (TPSA) is 87.7 Å². The normalized spacial score (nSPS) is 12.6. The number of nitrogens with zero attached hydrogens (tertiary/aromatic N) is 1. The standard InChI is InChI=1S/C26H33N3O4S/c1-4-29(5-2)25(22-11-8-12-23(17-22)33-3)19-27-26(30)15-16-28-34(31,32)24-14-13-20-9-6-7-10-21(20)18-24/h6-14,17-18,25,28H,4-5,15-16,19H2,1-3H3,(H,27,30). The largest absolute Gasteiger partial charge is 0.497 e. The molecule has 0 aromatic heterocycles. The molecule has 0 fully saturated rings. The number of ether oxygens (including phenoxy) is 1. The molecule has 2 N–H and O–H groups in total. The fraction of sp³-hybridized carbons (Fsp3) is 0.346. The SMILES string of the molecule is CCN(CC)C(CNC(=O)CCNS(=O)(=O)c1ccc2ccccc2c1)c1cccc(OC)c1. The lowest BCUT2D eigenvalue weighted by Crippen LogP contribution is -2.39. The molecule has 1 unspecified atom stereocenters. The Morgan fingerprint density at radius 3 is 2.41 bits per heavy atom. The Hall–Kier alpha value is -2.94. The summed E-state index contributed by atoms with van der Waals surface area (Å²) in [6.07, 6.45) is 0.0515. The highest BCUT2D eigenvalue weighted by Crippen LogP contribution is 2.24. The molecule has 0 radical (unpaired) electrons. The highest BCUT2D eigenvalue weighted by atomic mass is 32.2. The molecule has 0 heterocycles. The van der Waals surface area contributed by atoms with Crippen LogP contribution in [0.3, 0.4) is 0 Å². The maximum Gasteiger partial charge on any atom is 0.240 e. The van der Waals surface area contributed by atoms with Gasteiger partial charge in [-0.3, -0.25) is 9.69 Å². The number of hydrogen-bond acceptors (Lipinski definition) is 5. The predicted octanol–water partition coefficient (Wildman–Crippen LogP) is 3.72. The van der Waals surface area contributed by atoms with Crippen LogP contribution in [0.1, 0.15) is 31.9 Å². The molecule has 0 aliphatic rings. The second-order valence-corrected chi connectivity index (χ2v) is 9.74. The first-order valence-electron chi connectivity index (χ1n) is 11.5. The van der Waals surface area contributed by atoms with E-state index in [4.69, 9.17) is 4.74 Å². The molecule has 1 atom stereocenters. The molecule has 0 saturated carbocycles. The zero-order chi connectivity index (χ0) is 24.6. The van der Waals surface area contributed by atoms with Gasteiger partial charge in [0.15, 0.2) is 0 Å². The third-order valence-electron chi connectivity index (χ3n) is 5.90. The van der Waals surface area contributed by atoms with Crippen molar-refractivity contribution in [1.29, 1.82) is 0 Å². The smallest absolute Gasteiger partial charge is 0.240 e. The van der Waals surface area contributed by atoms with Gasteiger partial charge in [0.2, 0.25) is 15.9 Å². The van der Waals surface area contributed by atoms with Crippen molar-refractivity contribution in [3.05, 3.63) is 72.3 Å². The summed E-state index contributed by atoms with van der Waals surface area (Å²) in [7, 11) is -2.07. The minimum absolute atomic E-state index is 0.0108. The number of carbonyl (C=O) groups is 1. The molecule has 0 spiro atoms. The zero-order valence-electron chi connectivity index (χ0n) is 20.0. The van der Waals surface area contributed by atoms with E-state index in [0.717, 1.165) is 35.2 Å². The van der Waals surface area contributed by atoms with Crippen LogP contribution >= 0.6 is 0 Å². The van der Waals surface area contributed by atoms with Crippen molar-refractivity contribution in [2.45, 2.75) is 31.2 Å². The van der Waals surface area contributed by atoms with Crippen molar-refractivity contribution >= 4 is 26.7 Å². The average Bonchev–Trinajstić information content (AvgIpc) is 2.86. The molecule has 3 rings (SSSR count). The summed E-state index contributed by atoms with van der Waals surface area (Å²) in [6.45, 7) is 6.28. The zero-order valence-corrected chi connectivity index (χ0v) is 20.8. The third-order valence-corrected chi connectivity index (χ3v) is 7.36. The lowest BCUT2D eigenvalue weighted by molar-refractivity contribution is -0.121.